The van der Waals surface area contributed by atoms with Crippen molar-refractivity contribution in [1.29, 1.82) is 0 Å². The van der Waals surface area contributed by atoms with E-state index in [1.165, 1.54) is 11.1 Å². The molecule has 94 valence electrons. The first-order chi connectivity index (χ1) is 8.47. The van der Waals surface area contributed by atoms with Gasteiger partial charge in [0.25, 0.3) is 0 Å². The zero-order valence-corrected chi connectivity index (χ0v) is 11.6. The van der Waals surface area contributed by atoms with Crippen LogP contribution in [0.5, 0.6) is 0 Å². The van der Waals surface area contributed by atoms with Crippen LogP contribution in [0.4, 0.5) is 17.1 Å². The Morgan fingerprint density at radius 2 is 1.61 bits per heavy atom. The zero-order valence-electron chi connectivity index (χ0n) is 10.9. The van der Waals surface area contributed by atoms with Crippen LogP contribution in [0.2, 0.25) is 5.02 Å². The average molecular weight is 261 g/mol. The van der Waals surface area contributed by atoms with Gasteiger partial charge in [-0.2, -0.15) is 0 Å². The van der Waals surface area contributed by atoms with E-state index < -0.39 is 0 Å². The number of nitrogens with two attached hydrogens (primary N) is 1. The molecule has 0 radical (unpaired) electrons. The molecule has 0 saturated carbocycles. The van der Waals surface area contributed by atoms with Crippen LogP contribution in [-0.2, 0) is 0 Å². The molecule has 0 fully saturated rings. The lowest BCUT2D eigenvalue weighted by Gasteiger charge is -2.22. The maximum absolute atomic E-state index is 6.23. The minimum Gasteiger partial charge on any atom is -0.399 e. The Kier molecular flexibility index (Phi) is 3.48. The largest absolute Gasteiger partial charge is 0.399 e. The van der Waals surface area contributed by atoms with Crippen LogP contribution in [0.25, 0.3) is 0 Å². The van der Waals surface area contributed by atoms with Gasteiger partial charge in [0.15, 0.2) is 0 Å². The molecule has 2 aromatic rings. The summed E-state index contributed by atoms with van der Waals surface area (Å²) >= 11 is 6.23. The number of halogens is 1. The molecule has 0 spiro atoms. The van der Waals surface area contributed by atoms with Crippen molar-refractivity contribution in [2.75, 3.05) is 17.7 Å². The summed E-state index contributed by atoms with van der Waals surface area (Å²) in [6.45, 7) is 4.18. The van der Waals surface area contributed by atoms with Gasteiger partial charge in [-0.1, -0.05) is 17.7 Å². The van der Waals surface area contributed by atoms with Crippen LogP contribution >= 0.6 is 11.6 Å². The number of anilines is 3. The Bertz CT molecular complexity index is 558. The Morgan fingerprint density at radius 1 is 1.00 bits per heavy atom. The molecule has 0 aromatic heterocycles. The summed E-state index contributed by atoms with van der Waals surface area (Å²) in [5.41, 5.74) is 10.9. The third-order valence-corrected chi connectivity index (χ3v) is 3.23. The van der Waals surface area contributed by atoms with Crippen LogP contribution in [-0.4, -0.2) is 7.05 Å². The molecular formula is C15H17ClN2. The number of nitrogen functional groups attached to an aromatic ring is 1. The topological polar surface area (TPSA) is 29.3 Å². The summed E-state index contributed by atoms with van der Waals surface area (Å²) in [5, 5.41) is 0.664. The summed E-state index contributed by atoms with van der Waals surface area (Å²) in [6, 6.07) is 12.0. The van der Waals surface area contributed by atoms with Crippen LogP contribution < -0.4 is 10.6 Å². The monoisotopic (exact) mass is 260 g/mol. The molecule has 0 amide bonds. The van der Waals surface area contributed by atoms with Crippen molar-refractivity contribution < 1.29 is 0 Å². The maximum Gasteiger partial charge on any atom is 0.0663 e. The lowest BCUT2D eigenvalue weighted by atomic mass is 10.1. The molecule has 0 aliphatic rings. The van der Waals surface area contributed by atoms with Crippen molar-refractivity contribution in [3.05, 3.63) is 52.5 Å². The van der Waals surface area contributed by atoms with Gasteiger partial charge in [-0.3, -0.25) is 0 Å². The van der Waals surface area contributed by atoms with Gasteiger partial charge >= 0.3 is 0 Å². The van der Waals surface area contributed by atoms with Gasteiger partial charge in [0.05, 0.1) is 10.7 Å². The number of rotatable bonds is 2. The first kappa shape index (κ1) is 12.8. The van der Waals surface area contributed by atoms with E-state index in [9.17, 15) is 0 Å². The minimum atomic E-state index is 0.664. The predicted octanol–water partition coefficient (Wildman–Crippen LogP) is 4.31. The summed E-state index contributed by atoms with van der Waals surface area (Å²) < 4.78 is 0. The molecule has 2 N–H and O–H groups in total. The van der Waals surface area contributed by atoms with E-state index in [0.29, 0.717) is 10.7 Å². The molecule has 2 rings (SSSR count). The molecule has 2 aromatic carbocycles. The van der Waals surface area contributed by atoms with Gasteiger partial charge in [-0.25, -0.2) is 0 Å². The molecule has 0 saturated heterocycles. The second-order valence-electron chi connectivity index (χ2n) is 4.62. The van der Waals surface area contributed by atoms with E-state index in [2.05, 4.69) is 36.9 Å². The van der Waals surface area contributed by atoms with Crippen LogP contribution in [0.1, 0.15) is 11.1 Å². The number of benzene rings is 2. The molecule has 2 nitrogen and oxygen atoms in total. The average Bonchev–Trinajstić information content (AvgIpc) is 2.26. The maximum atomic E-state index is 6.23. The molecule has 18 heavy (non-hydrogen) atoms. The second kappa shape index (κ2) is 4.91. The highest BCUT2D eigenvalue weighted by atomic mass is 35.5. The van der Waals surface area contributed by atoms with Crippen molar-refractivity contribution >= 4 is 28.7 Å². The highest BCUT2D eigenvalue weighted by molar-refractivity contribution is 6.33. The van der Waals surface area contributed by atoms with Crippen LogP contribution in [0.15, 0.2) is 36.4 Å². The van der Waals surface area contributed by atoms with E-state index >= 15 is 0 Å². The van der Waals surface area contributed by atoms with E-state index in [1.54, 1.807) is 6.07 Å². The number of aryl methyl sites for hydroxylation is 2. The van der Waals surface area contributed by atoms with Gasteiger partial charge in [-0.15, -0.1) is 0 Å². The first-order valence-electron chi connectivity index (χ1n) is 5.84. The van der Waals surface area contributed by atoms with Gasteiger partial charge in [0.1, 0.15) is 0 Å². The van der Waals surface area contributed by atoms with Crippen LogP contribution in [0, 0.1) is 13.8 Å². The molecule has 3 heteroatoms. The quantitative estimate of drug-likeness (QED) is 0.816. The molecule has 0 heterocycles. The van der Waals surface area contributed by atoms with E-state index in [1.807, 2.05) is 19.2 Å². The van der Waals surface area contributed by atoms with Gasteiger partial charge in [0.2, 0.25) is 0 Å². The molecule has 0 unspecified atom stereocenters. The Balaban J connectivity index is 2.44. The number of hydrogen-bond donors (Lipinski definition) is 1. The minimum absolute atomic E-state index is 0.664. The fourth-order valence-electron chi connectivity index (χ4n) is 2.08. The third kappa shape index (κ3) is 2.59. The van der Waals surface area contributed by atoms with Crippen molar-refractivity contribution in [2.45, 2.75) is 13.8 Å². The van der Waals surface area contributed by atoms with E-state index in [4.69, 9.17) is 17.3 Å². The normalized spacial score (nSPS) is 10.4. The van der Waals surface area contributed by atoms with Crippen molar-refractivity contribution in [3.8, 4) is 0 Å². The smallest absolute Gasteiger partial charge is 0.0663 e. The van der Waals surface area contributed by atoms with E-state index in [-0.39, 0.29) is 0 Å². The Morgan fingerprint density at radius 3 is 2.17 bits per heavy atom. The molecular weight excluding hydrogens is 244 g/mol. The van der Waals surface area contributed by atoms with E-state index in [0.717, 1.165) is 11.4 Å². The lowest BCUT2D eigenvalue weighted by molar-refractivity contribution is 1.19. The summed E-state index contributed by atoms with van der Waals surface area (Å²) in [5.74, 6) is 0. The predicted molar refractivity (Wildman–Crippen MR) is 79.8 cm³/mol. The van der Waals surface area contributed by atoms with Crippen molar-refractivity contribution in [2.24, 2.45) is 0 Å². The van der Waals surface area contributed by atoms with Crippen molar-refractivity contribution in [1.82, 2.24) is 0 Å². The summed E-state index contributed by atoms with van der Waals surface area (Å²) in [6.07, 6.45) is 0. The third-order valence-electron chi connectivity index (χ3n) is 2.93. The Labute approximate surface area is 113 Å². The zero-order chi connectivity index (χ0) is 13.3. The highest BCUT2D eigenvalue weighted by Crippen LogP contribution is 2.32. The van der Waals surface area contributed by atoms with Crippen LogP contribution in [0.3, 0.4) is 0 Å². The molecule has 0 aliphatic heterocycles. The molecule has 0 bridgehead atoms. The van der Waals surface area contributed by atoms with Gasteiger partial charge in [-0.05, 0) is 55.3 Å². The fourth-order valence-corrected chi connectivity index (χ4v) is 2.39. The SMILES string of the molecule is Cc1cc(C)cc(N(C)c2ccc(N)cc2Cl)c1. The Hall–Kier alpha value is -1.67. The van der Waals surface area contributed by atoms with Gasteiger partial charge < -0.3 is 10.6 Å². The summed E-state index contributed by atoms with van der Waals surface area (Å²) in [4.78, 5) is 2.07. The second-order valence-corrected chi connectivity index (χ2v) is 5.02. The number of hydrogen-bond acceptors (Lipinski definition) is 2. The first-order valence-corrected chi connectivity index (χ1v) is 6.22. The lowest BCUT2D eigenvalue weighted by Crippen LogP contribution is -2.10. The molecule has 0 atom stereocenters. The standard InChI is InChI=1S/C15H17ClN2/c1-10-6-11(2)8-13(7-10)18(3)15-5-4-12(17)9-14(15)16/h4-9H,17H2,1-3H3. The van der Waals surface area contributed by atoms with Gasteiger partial charge in [0, 0.05) is 18.4 Å². The fraction of sp³-hybridized carbons (Fsp3) is 0.200. The highest BCUT2D eigenvalue weighted by Gasteiger charge is 2.09. The molecule has 0 aliphatic carbocycles. The number of nitrogens with zero attached hydrogens (tertiary/aromatic N) is 1. The summed E-state index contributed by atoms with van der Waals surface area (Å²) in [7, 11) is 2.01. The van der Waals surface area contributed by atoms with Crippen molar-refractivity contribution in [3.63, 3.8) is 0 Å².